The molecule has 2 aliphatic carbocycles. The maximum Gasteiger partial charge on any atom is -0.0102 e. The van der Waals surface area contributed by atoms with E-state index >= 15 is 0 Å². The van der Waals surface area contributed by atoms with Crippen LogP contribution in [0.3, 0.4) is 0 Å². The predicted molar refractivity (Wildman–Crippen MR) is 124 cm³/mol. The molecule has 0 aromatic heterocycles. The molecule has 0 heteroatoms. The SMILES string of the molecule is C1=Cc2c(c3c(c4ccccc24)=CCCC=3)CC1.CC.CC.CC.CC. The smallest absolute Gasteiger partial charge is 0.0102 e. The fourth-order valence-electron chi connectivity index (χ4n) is 3.37. The Hall–Kier alpha value is -1.82. The molecule has 0 unspecified atom stereocenters. The van der Waals surface area contributed by atoms with Gasteiger partial charge in [-0.1, -0.05) is 104 Å². The van der Waals surface area contributed by atoms with Crippen molar-refractivity contribution < 1.29 is 0 Å². The quantitative estimate of drug-likeness (QED) is 0.468. The molecule has 2 aromatic carbocycles. The molecule has 0 atom stereocenters. The highest BCUT2D eigenvalue weighted by molar-refractivity contribution is 5.93. The Balaban J connectivity index is 0.000000698. The molecule has 2 aliphatic rings. The fourth-order valence-corrected chi connectivity index (χ4v) is 3.37. The van der Waals surface area contributed by atoms with Crippen LogP contribution in [0.15, 0.2) is 30.3 Å². The molecule has 0 nitrogen and oxygen atoms in total. The minimum atomic E-state index is 1.19. The highest BCUT2D eigenvalue weighted by Crippen LogP contribution is 2.24. The summed E-state index contributed by atoms with van der Waals surface area (Å²) in [5, 5.41) is 5.84. The van der Waals surface area contributed by atoms with Crippen LogP contribution in [0.5, 0.6) is 0 Å². The van der Waals surface area contributed by atoms with Crippen LogP contribution in [0.1, 0.15) is 85.8 Å². The van der Waals surface area contributed by atoms with E-state index in [2.05, 4.69) is 48.6 Å². The number of hydrogen-bond acceptors (Lipinski definition) is 0. The second-order valence-electron chi connectivity index (χ2n) is 5.19. The molecule has 2 aromatic rings. The Morgan fingerprint density at radius 1 is 0.615 bits per heavy atom. The topological polar surface area (TPSA) is 0 Å². The molecule has 0 radical (unpaired) electrons. The van der Waals surface area contributed by atoms with Crippen molar-refractivity contribution in [2.45, 2.75) is 81.1 Å². The molecule has 0 N–H and O–H groups in total. The van der Waals surface area contributed by atoms with E-state index in [-0.39, 0.29) is 0 Å². The zero-order valence-electron chi connectivity index (χ0n) is 18.4. The average molecular weight is 353 g/mol. The van der Waals surface area contributed by atoms with Crippen LogP contribution in [-0.2, 0) is 6.42 Å². The molecule has 0 heterocycles. The van der Waals surface area contributed by atoms with E-state index in [0.29, 0.717) is 0 Å². The first kappa shape index (κ1) is 24.2. The third kappa shape index (κ3) is 5.34. The summed E-state index contributed by atoms with van der Waals surface area (Å²) in [4.78, 5) is 0. The van der Waals surface area contributed by atoms with Crippen LogP contribution < -0.4 is 10.4 Å². The van der Waals surface area contributed by atoms with Gasteiger partial charge in [0.05, 0.1) is 0 Å². The van der Waals surface area contributed by atoms with E-state index in [1.54, 1.807) is 5.56 Å². The van der Waals surface area contributed by atoms with Crippen molar-refractivity contribution in [2.75, 3.05) is 0 Å². The van der Waals surface area contributed by atoms with Crippen molar-refractivity contribution in [1.82, 2.24) is 0 Å². The van der Waals surface area contributed by atoms with Gasteiger partial charge in [0.15, 0.2) is 0 Å². The predicted octanol–water partition coefficient (Wildman–Crippen LogP) is 7.26. The molecular formula is C26H40. The van der Waals surface area contributed by atoms with Gasteiger partial charge in [0.25, 0.3) is 0 Å². The van der Waals surface area contributed by atoms with E-state index in [4.69, 9.17) is 0 Å². The Morgan fingerprint density at radius 2 is 1.15 bits per heavy atom. The minimum Gasteiger partial charge on any atom is -0.0836 e. The molecule has 0 saturated carbocycles. The molecule has 26 heavy (non-hydrogen) atoms. The average Bonchev–Trinajstić information content (AvgIpc) is 2.79. The number of benzene rings is 2. The normalized spacial score (nSPS) is 12.5. The number of fused-ring (bicyclic) bond motifs is 6. The van der Waals surface area contributed by atoms with Gasteiger partial charge >= 0.3 is 0 Å². The van der Waals surface area contributed by atoms with E-state index in [0.717, 1.165) is 0 Å². The first-order chi connectivity index (χ1) is 12.9. The first-order valence-corrected chi connectivity index (χ1v) is 10.9. The highest BCUT2D eigenvalue weighted by atomic mass is 14.2. The fraction of sp³-hybridized carbons (Fsp3) is 0.462. The van der Waals surface area contributed by atoms with Crippen LogP contribution in [-0.4, -0.2) is 0 Å². The van der Waals surface area contributed by atoms with Gasteiger partial charge in [0.1, 0.15) is 0 Å². The van der Waals surface area contributed by atoms with Crippen LogP contribution in [0.4, 0.5) is 0 Å². The van der Waals surface area contributed by atoms with Crippen molar-refractivity contribution in [3.63, 3.8) is 0 Å². The lowest BCUT2D eigenvalue weighted by molar-refractivity contribution is 0.969. The Morgan fingerprint density at radius 3 is 1.77 bits per heavy atom. The summed E-state index contributed by atoms with van der Waals surface area (Å²) in [6.07, 6.45) is 14.3. The zero-order valence-corrected chi connectivity index (χ0v) is 18.4. The Kier molecular flexibility index (Phi) is 13.4. The van der Waals surface area contributed by atoms with Gasteiger partial charge < -0.3 is 0 Å². The number of rotatable bonds is 0. The van der Waals surface area contributed by atoms with E-state index < -0.39 is 0 Å². The summed E-state index contributed by atoms with van der Waals surface area (Å²) in [6, 6.07) is 8.85. The van der Waals surface area contributed by atoms with Gasteiger partial charge in [0, 0.05) is 0 Å². The van der Waals surface area contributed by atoms with Crippen molar-refractivity contribution in [3.8, 4) is 0 Å². The zero-order chi connectivity index (χ0) is 19.9. The second kappa shape index (κ2) is 14.4. The third-order valence-electron chi connectivity index (χ3n) is 4.16. The summed E-state index contributed by atoms with van der Waals surface area (Å²) in [5.74, 6) is 0. The molecule has 4 rings (SSSR count). The lowest BCUT2D eigenvalue weighted by atomic mass is 9.87. The summed E-state index contributed by atoms with van der Waals surface area (Å²) in [6.45, 7) is 16.0. The van der Waals surface area contributed by atoms with Crippen molar-refractivity contribution in [1.29, 1.82) is 0 Å². The molecule has 0 amide bonds. The summed E-state index contributed by atoms with van der Waals surface area (Å²) in [7, 11) is 0. The van der Waals surface area contributed by atoms with Gasteiger partial charge in [-0.15, -0.1) is 0 Å². The van der Waals surface area contributed by atoms with Crippen molar-refractivity contribution >= 4 is 29.0 Å². The molecule has 0 bridgehead atoms. The van der Waals surface area contributed by atoms with Crippen molar-refractivity contribution in [2.24, 2.45) is 0 Å². The molecule has 0 spiro atoms. The molecule has 144 valence electrons. The maximum atomic E-state index is 2.44. The van der Waals surface area contributed by atoms with Gasteiger partial charge in [0.2, 0.25) is 0 Å². The van der Waals surface area contributed by atoms with Crippen LogP contribution >= 0.6 is 0 Å². The number of hydrogen-bond donors (Lipinski definition) is 0. The second-order valence-corrected chi connectivity index (χ2v) is 5.19. The Labute approximate surface area is 162 Å². The molecule has 0 fully saturated rings. The third-order valence-corrected chi connectivity index (χ3v) is 4.16. The largest absolute Gasteiger partial charge is 0.0836 e. The summed E-state index contributed by atoms with van der Waals surface area (Å²) >= 11 is 0. The van der Waals surface area contributed by atoms with Crippen LogP contribution in [0.25, 0.3) is 29.0 Å². The maximum absolute atomic E-state index is 2.44. The lowest BCUT2D eigenvalue weighted by Gasteiger charge is -2.17. The van der Waals surface area contributed by atoms with Crippen LogP contribution in [0.2, 0.25) is 0 Å². The van der Waals surface area contributed by atoms with E-state index in [9.17, 15) is 0 Å². The van der Waals surface area contributed by atoms with E-state index in [1.165, 1.54) is 52.5 Å². The molecule has 0 saturated heterocycles. The molecular weight excluding hydrogens is 312 g/mol. The lowest BCUT2D eigenvalue weighted by Crippen LogP contribution is -2.33. The summed E-state index contributed by atoms with van der Waals surface area (Å²) in [5.41, 5.74) is 3.03. The highest BCUT2D eigenvalue weighted by Gasteiger charge is 2.13. The monoisotopic (exact) mass is 352 g/mol. The standard InChI is InChI=1S/C18H16.4C2H6/c1-2-8-14-13(7-1)15-9-3-4-11-17(15)18-12-6-5-10-16(14)18;4*1-2/h1-3,7-10,12H,4-6,11H2;4*1-2H3. The minimum absolute atomic E-state index is 1.19. The first-order valence-electron chi connectivity index (χ1n) is 10.9. The van der Waals surface area contributed by atoms with E-state index in [1.807, 2.05) is 55.4 Å². The Bertz CT molecular complexity index is 776. The number of allylic oxidation sites excluding steroid dienone is 1. The van der Waals surface area contributed by atoms with Gasteiger partial charge in [-0.3, -0.25) is 0 Å². The molecule has 0 aliphatic heterocycles. The van der Waals surface area contributed by atoms with Gasteiger partial charge in [-0.2, -0.15) is 0 Å². The van der Waals surface area contributed by atoms with Gasteiger partial charge in [-0.25, -0.2) is 0 Å². The summed E-state index contributed by atoms with van der Waals surface area (Å²) < 4.78 is 0. The van der Waals surface area contributed by atoms with Gasteiger partial charge in [-0.05, 0) is 58.0 Å². The van der Waals surface area contributed by atoms with Crippen LogP contribution in [0, 0.1) is 0 Å². The van der Waals surface area contributed by atoms with Crippen molar-refractivity contribution in [3.05, 3.63) is 51.9 Å².